The minimum atomic E-state index is -0.224. The summed E-state index contributed by atoms with van der Waals surface area (Å²) in [6.45, 7) is 1.17. The van der Waals surface area contributed by atoms with Crippen LogP contribution in [0.4, 0.5) is 5.69 Å². The number of carbonyl (C=O) groups excluding carboxylic acids is 1. The Balaban J connectivity index is 1.42. The highest BCUT2D eigenvalue weighted by atomic mass is 16.5. The van der Waals surface area contributed by atoms with Gasteiger partial charge in [0.25, 0.3) is 5.91 Å². The van der Waals surface area contributed by atoms with Gasteiger partial charge in [0.15, 0.2) is 5.69 Å². The molecule has 0 atom stereocenters. The Morgan fingerprint density at radius 1 is 1.35 bits per heavy atom. The molecule has 7 nitrogen and oxygen atoms in total. The van der Waals surface area contributed by atoms with Crippen molar-refractivity contribution in [1.29, 1.82) is 0 Å². The Kier molecular flexibility index (Phi) is 4.43. The lowest BCUT2D eigenvalue weighted by Crippen LogP contribution is -2.14. The number of hydrogen-bond donors (Lipinski definition) is 1. The van der Waals surface area contributed by atoms with E-state index in [1.54, 1.807) is 17.2 Å². The van der Waals surface area contributed by atoms with Crippen molar-refractivity contribution in [3.63, 3.8) is 0 Å². The second kappa shape index (κ2) is 7.03. The Labute approximate surface area is 151 Å². The maximum Gasteiger partial charge on any atom is 0.276 e. The summed E-state index contributed by atoms with van der Waals surface area (Å²) in [6.07, 6.45) is 7.71. The molecule has 1 amide bonds. The predicted molar refractivity (Wildman–Crippen MR) is 97.3 cm³/mol. The van der Waals surface area contributed by atoms with Gasteiger partial charge in [0, 0.05) is 31.1 Å². The number of carbonyl (C=O) groups is 1. The van der Waals surface area contributed by atoms with Gasteiger partial charge in [-0.3, -0.25) is 9.48 Å². The number of imidazole rings is 1. The van der Waals surface area contributed by atoms with Gasteiger partial charge in [0.05, 0.1) is 18.6 Å². The van der Waals surface area contributed by atoms with E-state index >= 15 is 0 Å². The van der Waals surface area contributed by atoms with E-state index in [-0.39, 0.29) is 5.91 Å². The highest BCUT2D eigenvalue weighted by Crippen LogP contribution is 2.40. The van der Waals surface area contributed by atoms with Gasteiger partial charge >= 0.3 is 0 Å². The summed E-state index contributed by atoms with van der Waals surface area (Å²) in [7, 11) is 1.89. The number of nitrogens with zero attached hydrogens (tertiary/aromatic N) is 4. The summed E-state index contributed by atoms with van der Waals surface area (Å²) in [5.41, 5.74) is 2.20. The number of amides is 1. The van der Waals surface area contributed by atoms with Crippen LogP contribution in [0.15, 0.2) is 49.1 Å². The standard InChI is InChI=1S/C19H21N5O2/c1-23-17(14-6-7-14)12-16(22-23)19(25)21-15-4-2-3-5-18(15)26-11-10-24-9-8-20-13-24/h2-5,8-9,12-14H,6-7,10-11H2,1H3,(H,21,25). The first-order valence-corrected chi connectivity index (χ1v) is 8.73. The second-order valence-electron chi connectivity index (χ2n) is 6.45. The predicted octanol–water partition coefficient (Wildman–Crippen LogP) is 2.83. The zero-order chi connectivity index (χ0) is 17.9. The summed E-state index contributed by atoms with van der Waals surface area (Å²) < 4.78 is 9.58. The molecule has 0 spiro atoms. The number of aryl methyl sites for hydroxylation is 1. The third kappa shape index (κ3) is 3.61. The summed E-state index contributed by atoms with van der Waals surface area (Å²) in [5.74, 6) is 0.963. The van der Waals surface area contributed by atoms with Crippen LogP contribution in [0.2, 0.25) is 0 Å². The van der Waals surface area contributed by atoms with E-state index in [9.17, 15) is 4.79 Å². The van der Waals surface area contributed by atoms with Crippen molar-refractivity contribution in [3.8, 4) is 5.75 Å². The molecule has 2 heterocycles. The maximum absolute atomic E-state index is 12.6. The fraction of sp³-hybridized carbons (Fsp3) is 0.316. The van der Waals surface area contributed by atoms with E-state index in [4.69, 9.17) is 4.74 Å². The smallest absolute Gasteiger partial charge is 0.276 e. The first kappa shape index (κ1) is 16.4. The fourth-order valence-corrected chi connectivity index (χ4v) is 2.92. The monoisotopic (exact) mass is 351 g/mol. The summed E-state index contributed by atoms with van der Waals surface area (Å²) >= 11 is 0. The molecule has 1 aliphatic carbocycles. The number of aromatic nitrogens is 4. The van der Waals surface area contributed by atoms with Gasteiger partial charge < -0.3 is 14.6 Å². The molecule has 1 aliphatic rings. The van der Waals surface area contributed by atoms with Gasteiger partial charge in [-0.2, -0.15) is 5.10 Å². The zero-order valence-electron chi connectivity index (χ0n) is 14.6. The molecule has 3 aromatic rings. The molecule has 0 unspecified atom stereocenters. The molecule has 0 saturated heterocycles. The van der Waals surface area contributed by atoms with Crippen molar-refractivity contribution >= 4 is 11.6 Å². The SMILES string of the molecule is Cn1nc(C(=O)Nc2ccccc2OCCn2ccnc2)cc1C1CC1. The topological polar surface area (TPSA) is 74.0 Å². The van der Waals surface area contributed by atoms with Crippen LogP contribution in [0.3, 0.4) is 0 Å². The third-order valence-corrected chi connectivity index (χ3v) is 4.45. The van der Waals surface area contributed by atoms with Crippen molar-refractivity contribution in [1.82, 2.24) is 19.3 Å². The van der Waals surface area contributed by atoms with Gasteiger partial charge in [0.1, 0.15) is 12.4 Å². The molecule has 1 fully saturated rings. The number of ether oxygens (including phenoxy) is 1. The average Bonchev–Trinajstić information content (AvgIpc) is 3.20. The maximum atomic E-state index is 12.6. The van der Waals surface area contributed by atoms with Crippen molar-refractivity contribution in [2.75, 3.05) is 11.9 Å². The molecule has 1 N–H and O–H groups in total. The second-order valence-corrected chi connectivity index (χ2v) is 6.45. The van der Waals surface area contributed by atoms with Crippen LogP contribution < -0.4 is 10.1 Å². The molecule has 2 aromatic heterocycles. The highest BCUT2D eigenvalue weighted by molar-refractivity contribution is 6.03. The minimum absolute atomic E-state index is 0.224. The summed E-state index contributed by atoms with van der Waals surface area (Å²) in [5, 5.41) is 7.26. The van der Waals surface area contributed by atoms with Crippen molar-refractivity contribution < 1.29 is 9.53 Å². The van der Waals surface area contributed by atoms with Crippen molar-refractivity contribution in [2.45, 2.75) is 25.3 Å². The number of benzene rings is 1. The molecule has 7 heteroatoms. The third-order valence-electron chi connectivity index (χ3n) is 4.45. The number of para-hydroxylation sites is 2. The van der Waals surface area contributed by atoms with E-state index in [1.807, 2.05) is 48.1 Å². The molecule has 1 saturated carbocycles. The summed E-state index contributed by atoms with van der Waals surface area (Å²) in [6, 6.07) is 9.31. The van der Waals surface area contributed by atoms with Gasteiger partial charge in [-0.05, 0) is 31.0 Å². The molecular formula is C19H21N5O2. The van der Waals surface area contributed by atoms with Crippen LogP contribution in [-0.4, -0.2) is 31.8 Å². The van der Waals surface area contributed by atoms with Crippen LogP contribution in [0.1, 0.15) is 34.9 Å². The largest absolute Gasteiger partial charge is 0.490 e. The lowest BCUT2D eigenvalue weighted by molar-refractivity contribution is 0.102. The van der Waals surface area contributed by atoms with Crippen LogP contribution in [0.5, 0.6) is 5.75 Å². The minimum Gasteiger partial charge on any atom is -0.490 e. The van der Waals surface area contributed by atoms with E-state index in [1.165, 1.54) is 12.8 Å². The van der Waals surface area contributed by atoms with Gasteiger partial charge in [-0.1, -0.05) is 12.1 Å². The molecule has 134 valence electrons. The van der Waals surface area contributed by atoms with Crippen LogP contribution in [-0.2, 0) is 13.6 Å². The van der Waals surface area contributed by atoms with E-state index in [2.05, 4.69) is 15.4 Å². The van der Waals surface area contributed by atoms with Crippen molar-refractivity contribution in [3.05, 3.63) is 60.4 Å². The molecule has 0 aliphatic heterocycles. The quantitative estimate of drug-likeness (QED) is 0.710. The molecule has 0 radical (unpaired) electrons. The first-order valence-electron chi connectivity index (χ1n) is 8.73. The normalized spacial score (nSPS) is 13.6. The van der Waals surface area contributed by atoms with Gasteiger partial charge in [-0.25, -0.2) is 4.98 Å². The Hall–Kier alpha value is -3.09. The number of rotatable bonds is 7. The highest BCUT2D eigenvalue weighted by Gasteiger charge is 2.28. The van der Waals surface area contributed by atoms with Crippen LogP contribution in [0.25, 0.3) is 0 Å². The van der Waals surface area contributed by atoms with E-state index < -0.39 is 0 Å². The van der Waals surface area contributed by atoms with Crippen LogP contribution >= 0.6 is 0 Å². The Morgan fingerprint density at radius 2 is 2.19 bits per heavy atom. The molecular weight excluding hydrogens is 330 g/mol. The van der Waals surface area contributed by atoms with Gasteiger partial charge in [0.2, 0.25) is 0 Å². The Bertz CT molecular complexity index is 897. The zero-order valence-corrected chi connectivity index (χ0v) is 14.6. The lowest BCUT2D eigenvalue weighted by atomic mass is 10.2. The molecule has 4 rings (SSSR count). The van der Waals surface area contributed by atoms with Crippen LogP contribution in [0, 0.1) is 0 Å². The fourth-order valence-electron chi connectivity index (χ4n) is 2.92. The van der Waals surface area contributed by atoms with Crippen molar-refractivity contribution in [2.24, 2.45) is 7.05 Å². The molecule has 1 aromatic carbocycles. The first-order chi connectivity index (χ1) is 12.7. The lowest BCUT2D eigenvalue weighted by Gasteiger charge is -2.12. The number of anilines is 1. The molecule has 0 bridgehead atoms. The van der Waals surface area contributed by atoms with E-state index in [0.717, 1.165) is 5.69 Å². The average molecular weight is 351 g/mol. The van der Waals surface area contributed by atoms with E-state index in [0.29, 0.717) is 36.2 Å². The Morgan fingerprint density at radius 3 is 2.96 bits per heavy atom. The summed E-state index contributed by atoms with van der Waals surface area (Å²) in [4.78, 5) is 16.6. The number of hydrogen-bond acceptors (Lipinski definition) is 4. The van der Waals surface area contributed by atoms with Gasteiger partial charge in [-0.15, -0.1) is 0 Å². The number of nitrogens with one attached hydrogen (secondary N) is 1. The molecule has 26 heavy (non-hydrogen) atoms.